The fraction of sp³-hybridized carbons (Fsp3) is 0.547. The van der Waals surface area contributed by atoms with Crippen molar-refractivity contribution in [2.75, 3.05) is 39.7 Å². The summed E-state index contributed by atoms with van der Waals surface area (Å²) < 4.78 is 56.6. The van der Waals surface area contributed by atoms with E-state index in [1.54, 1.807) is 75.6 Å². The van der Waals surface area contributed by atoms with E-state index in [0.717, 1.165) is 51.6 Å². The number of para-hydroxylation sites is 4. The maximum absolute atomic E-state index is 13.6. The number of hydrogen-bond acceptors (Lipinski definition) is 26. The molecule has 5 aliphatic rings. The van der Waals surface area contributed by atoms with Crippen molar-refractivity contribution in [3.8, 4) is 23.0 Å². The lowest BCUT2D eigenvalue weighted by molar-refractivity contribution is -0.205. The molecule has 5 aliphatic heterocycles. The second-order valence-corrected chi connectivity index (χ2v) is 30.3. The van der Waals surface area contributed by atoms with E-state index in [-0.39, 0.29) is 69.1 Å². The van der Waals surface area contributed by atoms with Gasteiger partial charge in [-0.1, -0.05) is 75.2 Å². The number of nitrogens with one attached hydrogen (secondary N) is 2. The number of likely N-dealkylation sites (N-methyl/N-ethyl adjacent to an activating group) is 2. The van der Waals surface area contributed by atoms with Crippen molar-refractivity contribution >= 4 is 117 Å². The van der Waals surface area contributed by atoms with E-state index in [4.69, 9.17) is 82.5 Å². The second kappa shape index (κ2) is 41.7. The van der Waals surface area contributed by atoms with Crippen LogP contribution in [0.25, 0.3) is 0 Å². The number of aliphatic hydroxyl groups excluding tert-OH is 2. The smallest absolute Gasteiger partial charge is 0.342 e. The lowest BCUT2D eigenvalue weighted by Crippen LogP contribution is -2.65. The van der Waals surface area contributed by atoms with Gasteiger partial charge in [-0.15, -0.1) is 46.7 Å². The lowest BCUT2D eigenvalue weighted by Gasteiger charge is -2.45. The first-order valence-electron chi connectivity index (χ1n) is 34.9. The van der Waals surface area contributed by atoms with Crippen LogP contribution >= 0.6 is 58.3 Å². The average Bonchev–Trinajstić information content (AvgIpc) is 1.61. The van der Waals surface area contributed by atoms with Crippen LogP contribution in [0.5, 0.6) is 23.0 Å². The number of benzene rings is 4. The maximum atomic E-state index is 13.6. The number of carboxylic acid groups (broad SMARTS) is 1. The van der Waals surface area contributed by atoms with Crippen LogP contribution in [0.4, 0.5) is 0 Å². The molecule has 107 heavy (non-hydrogen) atoms. The Morgan fingerprint density at radius 1 is 0.542 bits per heavy atom. The van der Waals surface area contributed by atoms with E-state index >= 15 is 0 Å². The summed E-state index contributed by atoms with van der Waals surface area (Å²) in [5.74, 6) is -4.86. The van der Waals surface area contributed by atoms with Gasteiger partial charge in [-0.3, -0.25) is 43.4 Å². The van der Waals surface area contributed by atoms with Gasteiger partial charge in [-0.05, 0) is 152 Å². The first-order chi connectivity index (χ1) is 50.5. The molecule has 0 saturated carbocycles. The van der Waals surface area contributed by atoms with Gasteiger partial charge >= 0.3 is 41.8 Å². The first-order valence-corrected chi connectivity index (χ1v) is 38.7. The first kappa shape index (κ1) is 88.9. The van der Waals surface area contributed by atoms with Crippen molar-refractivity contribution in [2.24, 2.45) is 11.8 Å². The fourth-order valence-corrected chi connectivity index (χ4v) is 15.3. The van der Waals surface area contributed by atoms with Crippen molar-refractivity contribution in [3.05, 3.63) is 119 Å². The number of carbonyl (C=O) groups excluding carboxylic acids is 9. The van der Waals surface area contributed by atoms with E-state index in [0.29, 0.717) is 11.8 Å². The van der Waals surface area contributed by atoms with Gasteiger partial charge in [-0.2, -0.15) is 0 Å². The van der Waals surface area contributed by atoms with Crippen LogP contribution in [0.2, 0.25) is 0 Å². The van der Waals surface area contributed by atoms with Crippen LogP contribution in [0, 0.1) is 11.8 Å². The number of esters is 6. The third-order valence-corrected chi connectivity index (χ3v) is 20.4. The number of halogens is 3. The van der Waals surface area contributed by atoms with Crippen molar-refractivity contribution in [1.82, 2.24) is 20.4 Å². The molecule has 0 radical (unpaired) electrons. The minimum absolute atomic E-state index is 0.0112. The number of rotatable bonds is 24. The summed E-state index contributed by atoms with van der Waals surface area (Å²) >= 11 is 21.0. The van der Waals surface area contributed by atoms with Crippen LogP contribution in [0.15, 0.2) is 97.1 Å². The molecule has 588 valence electrons. The molecule has 2 amide bonds. The summed E-state index contributed by atoms with van der Waals surface area (Å²) in [7, 11) is 3.89. The summed E-state index contributed by atoms with van der Waals surface area (Å²) in [6.45, 7) is 18.0. The number of carbonyl (C=O) groups is 10. The van der Waals surface area contributed by atoms with Gasteiger partial charge in [0.25, 0.3) is 5.24 Å². The van der Waals surface area contributed by atoms with Crippen LogP contribution in [-0.2, 0) is 57.2 Å². The van der Waals surface area contributed by atoms with E-state index in [1.807, 2.05) is 32.2 Å². The molecule has 0 aliphatic carbocycles. The monoisotopic (exact) mass is 1590 g/mol. The number of thioether (sulfide) groups is 2. The number of ether oxygens (including phenoxy) is 10. The Bertz CT molecular complexity index is 3650. The van der Waals surface area contributed by atoms with Gasteiger partial charge in [-0.25, -0.2) is 14.4 Å². The molecule has 5 fully saturated rings. The third kappa shape index (κ3) is 25.0. The van der Waals surface area contributed by atoms with Crippen LogP contribution in [0.3, 0.4) is 0 Å². The maximum Gasteiger partial charge on any atom is 0.342 e. The molecule has 27 nitrogen and oxygen atoms in total. The van der Waals surface area contributed by atoms with Crippen molar-refractivity contribution in [2.45, 2.75) is 208 Å². The van der Waals surface area contributed by atoms with E-state index in [1.165, 1.54) is 99.7 Å². The van der Waals surface area contributed by atoms with Crippen molar-refractivity contribution < 1.29 is 111 Å². The van der Waals surface area contributed by atoms with Crippen LogP contribution in [0.1, 0.15) is 149 Å². The number of hydrogen-bond donors (Lipinski definition) is 5. The highest BCUT2D eigenvalue weighted by Crippen LogP contribution is 2.44. The molecule has 32 heteroatoms. The predicted molar refractivity (Wildman–Crippen MR) is 400 cm³/mol. The normalized spacial score (nSPS) is 26.1. The van der Waals surface area contributed by atoms with Crippen LogP contribution < -0.4 is 29.6 Å². The summed E-state index contributed by atoms with van der Waals surface area (Å²) in [5, 5.41) is 35.2. The average molecular weight is 1590 g/mol. The molecule has 18 atom stereocenters. The largest absolute Gasteiger partial charge is 0.478 e. The lowest BCUT2D eigenvalue weighted by atomic mass is 9.92. The molecule has 0 aromatic heterocycles. The highest BCUT2D eigenvalue weighted by molar-refractivity contribution is 7.99. The van der Waals surface area contributed by atoms with Gasteiger partial charge in [0, 0.05) is 40.8 Å². The number of aliphatic hydroxyl groups is 2. The highest BCUT2D eigenvalue weighted by Gasteiger charge is 2.59. The number of amides is 2. The fourth-order valence-electron chi connectivity index (χ4n) is 13.3. The zero-order valence-electron chi connectivity index (χ0n) is 62.1. The SMILES string of the molecule is CC(=O)Oc1ccccc1C(=O)Cl.CC(=O)Oc1ccccc1C(=O)O.CCC[C@@H]1C[C@@H](C(=O)NC(C(C)Cl)C2OC(SC)C(OC(=O)c3ccccc3OC(C)=O)C(O)C2O)N(C)C1.CCC[C@@H]1C[C@@H](C(=O)NC(C(C)Cl)C2OC(SC)C(OC(=O)c3ccccc3OC(C)=O)C3OC(C)(C)OC23)N(C)C1. The molecule has 9 rings (SSSR count). The molecular formula is C75H97Cl3N4O23S2. The van der Waals surface area contributed by atoms with E-state index in [2.05, 4.69) is 34.1 Å². The van der Waals surface area contributed by atoms with Gasteiger partial charge in [0.05, 0.1) is 40.5 Å². The molecule has 5 saturated heterocycles. The number of carboxylic acids is 1. The Hall–Kier alpha value is -6.97. The predicted octanol–water partition coefficient (Wildman–Crippen LogP) is 9.46. The molecule has 5 N–H and O–H groups in total. The van der Waals surface area contributed by atoms with Gasteiger partial charge in [0.1, 0.15) is 87.2 Å². The summed E-state index contributed by atoms with van der Waals surface area (Å²) in [6.07, 6.45) is 1.03. The molecule has 4 aromatic rings. The van der Waals surface area contributed by atoms with E-state index in [9.17, 15) is 58.2 Å². The minimum Gasteiger partial charge on any atom is -0.478 e. The quantitative estimate of drug-likeness (QED) is 0.0189. The number of fused-ring (bicyclic) bond motifs is 1. The molecule has 5 heterocycles. The Labute approximate surface area is 646 Å². The molecule has 0 bridgehead atoms. The standard InChI is InChI=1S/C30H43ClN2O8S.C27H39ClN2O8S.C9H7ClO3.C9H8O4/c1-8-11-18-14-20(33(6)15-18)27(35)32-22(16(2)31)23-24-25(41-30(4,5)40-24)26(29(39-23)42-7)38-28(36)19-12-9-10-13-21(19)37-17(3)34;1-6-9-16-12-18(30(4)13-16)25(34)29-20(14(2)28)23-21(32)22(33)24(27(38-23)39-5)37-26(35)17-10-7-8-11-19(17)36-15(3)31;1-6(11)13-8-5-3-2-4-7(8)9(10)12;1-6(10)13-8-5-3-2-4-7(8)9(11)12/h9-10,12-13,16,18,20,22-26,29H,8,11,14-15H2,1-7H3,(H,32,35);7-8,10-11,14,16,18,20-24,27,32-33H,6,9,12-13H2,1-5H3,(H,29,34);2-5H,1H3;2-5H,1H3,(H,11,12)/t16?,18-,20+,22?,23?,24?,25?,26?,29?;14?,16-,18+,20?,21?,22?,23?,24?,27?;;/m11../s1. The summed E-state index contributed by atoms with van der Waals surface area (Å²) in [4.78, 5) is 123. The number of alkyl halides is 2. The van der Waals surface area contributed by atoms with Crippen LogP contribution in [-0.4, -0.2) is 224 Å². The Balaban J connectivity index is 0.000000251. The Morgan fingerprint density at radius 3 is 1.27 bits per heavy atom. The molecule has 4 aromatic carbocycles. The topological polar surface area (TPSA) is 354 Å². The number of aromatic carboxylic acids is 1. The van der Waals surface area contributed by atoms with Gasteiger partial charge in [0.15, 0.2) is 18.0 Å². The van der Waals surface area contributed by atoms with Gasteiger partial charge < -0.3 is 73.3 Å². The summed E-state index contributed by atoms with van der Waals surface area (Å²) in [5.41, 5.74) is -1.27. The Kier molecular flexibility index (Phi) is 34.7. The molecule has 14 unspecified atom stereocenters. The van der Waals surface area contributed by atoms with E-state index < -0.39 is 135 Å². The number of nitrogens with zero attached hydrogens (tertiary/aromatic N) is 2. The Morgan fingerprint density at radius 2 is 0.888 bits per heavy atom. The molecule has 0 spiro atoms. The highest BCUT2D eigenvalue weighted by atomic mass is 35.5. The second-order valence-electron chi connectivity index (χ2n) is 26.7. The minimum atomic E-state index is -1.54. The zero-order chi connectivity index (χ0) is 79.3. The summed E-state index contributed by atoms with van der Waals surface area (Å²) in [6, 6.07) is 22.7. The van der Waals surface area contributed by atoms with Crippen molar-refractivity contribution in [3.63, 3.8) is 0 Å². The third-order valence-electron chi connectivity index (χ3n) is 17.9. The van der Waals surface area contributed by atoms with Gasteiger partial charge in [0.2, 0.25) is 11.8 Å². The molecular weight excluding hydrogens is 1500 g/mol. The zero-order valence-corrected chi connectivity index (χ0v) is 66.0. The van der Waals surface area contributed by atoms with Crippen molar-refractivity contribution in [1.29, 1.82) is 0 Å². The number of likely N-dealkylation sites (tertiary alicyclic amines) is 2.